The number of hydrogen-bond acceptors (Lipinski definition) is 3. The molecule has 1 aromatic carbocycles. The fraction of sp³-hybridized carbons (Fsp3) is 0.214. The standard InChI is InChI=1S/C14H15ClN2OS/c15-11-7-9-19-13(11)14(18)17-8-6-12(16)10-4-2-1-3-5-10/h1-5,7,9,12H,6,8,16H2,(H,17,18). The van der Waals surface area contributed by atoms with Crippen molar-refractivity contribution in [1.29, 1.82) is 0 Å². The molecule has 3 nitrogen and oxygen atoms in total. The van der Waals surface area contributed by atoms with E-state index in [9.17, 15) is 4.79 Å². The van der Waals surface area contributed by atoms with Crippen molar-refractivity contribution in [2.45, 2.75) is 12.5 Å². The highest BCUT2D eigenvalue weighted by molar-refractivity contribution is 7.12. The fourth-order valence-corrected chi connectivity index (χ4v) is 2.80. The average Bonchev–Trinajstić information content (AvgIpc) is 2.86. The molecule has 0 bridgehead atoms. The molecule has 1 unspecified atom stereocenters. The summed E-state index contributed by atoms with van der Waals surface area (Å²) in [5.74, 6) is -0.139. The van der Waals surface area contributed by atoms with Crippen molar-refractivity contribution in [2.24, 2.45) is 5.73 Å². The number of nitrogens with one attached hydrogen (secondary N) is 1. The van der Waals surface area contributed by atoms with E-state index in [1.54, 1.807) is 11.4 Å². The zero-order valence-corrected chi connectivity index (χ0v) is 11.9. The van der Waals surface area contributed by atoms with Crippen LogP contribution >= 0.6 is 22.9 Å². The SMILES string of the molecule is NC(CCNC(=O)c1sccc1Cl)c1ccccc1. The molecule has 0 spiro atoms. The maximum absolute atomic E-state index is 11.8. The van der Waals surface area contributed by atoms with Crippen LogP contribution in [0.4, 0.5) is 0 Å². The third-order valence-electron chi connectivity index (χ3n) is 2.79. The van der Waals surface area contributed by atoms with E-state index in [0.29, 0.717) is 22.9 Å². The normalized spacial score (nSPS) is 12.1. The van der Waals surface area contributed by atoms with Crippen LogP contribution in [0.1, 0.15) is 27.7 Å². The predicted molar refractivity (Wildman–Crippen MR) is 79.6 cm³/mol. The van der Waals surface area contributed by atoms with Crippen molar-refractivity contribution in [3.05, 3.63) is 57.2 Å². The molecule has 1 amide bonds. The highest BCUT2D eigenvalue weighted by Gasteiger charge is 2.12. The second-order valence-electron chi connectivity index (χ2n) is 4.16. The first-order chi connectivity index (χ1) is 9.18. The van der Waals surface area contributed by atoms with Gasteiger partial charge in [-0.15, -0.1) is 11.3 Å². The highest BCUT2D eigenvalue weighted by Crippen LogP contribution is 2.21. The van der Waals surface area contributed by atoms with Crippen LogP contribution in [0, 0.1) is 0 Å². The van der Waals surface area contributed by atoms with E-state index in [1.165, 1.54) is 11.3 Å². The van der Waals surface area contributed by atoms with Crippen molar-refractivity contribution in [3.8, 4) is 0 Å². The highest BCUT2D eigenvalue weighted by atomic mass is 35.5. The summed E-state index contributed by atoms with van der Waals surface area (Å²) in [6.07, 6.45) is 0.693. The van der Waals surface area contributed by atoms with Crippen molar-refractivity contribution in [3.63, 3.8) is 0 Å². The van der Waals surface area contributed by atoms with Gasteiger partial charge in [-0.25, -0.2) is 0 Å². The zero-order valence-electron chi connectivity index (χ0n) is 10.3. The third-order valence-corrected chi connectivity index (χ3v) is 4.13. The van der Waals surface area contributed by atoms with Gasteiger partial charge in [0.25, 0.3) is 5.91 Å². The van der Waals surface area contributed by atoms with E-state index in [4.69, 9.17) is 17.3 Å². The van der Waals surface area contributed by atoms with Crippen molar-refractivity contribution < 1.29 is 4.79 Å². The van der Waals surface area contributed by atoms with Crippen molar-refractivity contribution in [2.75, 3.05) is 6.54 Å². The number of rotatable bonds is 5. The number of hydrogen-bond donors (Lipinski definition) is 2. The second-order valence-corrected chi connectivity index (χ2v) is 5.48. The molecule has 5 heteroatoms. The molecule has 0 radical (unpaired) electrons. The lowest BCUT2D eigenvalue weighted by molar-refractivity contribution is 0.0957. The number of benzene rings is 1. The molecule has 0 fully saturated rings. The molecular formula is C14H15ClN2OS. The molecule has 0 saturated carbocycles. The van der Waals surface area contributed by atoms with Crippen LogP contribution in [0.25, 0.3) is 0 Å². The van der Waals surface area contributed by atoms with Gasteiger partial charge in [0.05, 0.1) is 5.02 Å². The van der Waals surface area contributed by atoms with Crippen molar-refractivity contribution >= 4 is 28.8 Å². The number of carbonyl (C=O) groups is 1. The van der Waals surface area contributed by atoms with E-state index >= 15 is 0 Å². The van der Waals surface area contributed by atoms with Gasteiger partial charge >= 0.3 is 0 Å². The van der Waals surface area contributed by atoms with Gasteiger partial charge < -0.3 is 11.1 Å². The first kappa shape index (κ1) is 14.1. The minimum Gasteiger partial charge on any atom is -0.351 e. The smallest absolute Gasteiger partial charge is 0.262 e. The summed E-state index contributed by atoms with van der Waals surface area (Å²) in [7, 11) is 0. The Morgan fingerprint density at radius 3 is 2.68 bits per heavy atom. The Morgan fingerprint density at radius 2 is 2.05 bits per heavy atom. The number of halogens is 1. The maximum atomic E-state index is 11.8. The summed E-state index contributed by atoms with van der Waals surface area (Å²) in [5, 5.41) is 5.13. The zero-order chi connectivity index (χ0) is 13.7. The predicted octanol–water partition coefficient (Wildman–Crippen LogP) is 3.22. The Hall–Kier alpha value is -1.36. The van der Waals surface area contributed by atoms with Crippen LogP contribution in [0.3, 0.4) is 0 Å². The quantitative estimate of drug-likeness (QED) is 0.889. The van der Waals surface area contributed by atoms with E-state index in [-0.39, 0.29) is 11.9 Å². The Morgan fingerprint density at radius 1 is 1.32 bits per heavy atom. The van der Waals surface area contributed by atoms with Crippen LogP contribution in [0.15, 0.2) is 41.8 Å². The van der Waals surface area contributed by atoms with Gasteiger partial charge in [-0.3, -0.25) is 4.79 Å². The van der Waals surface area contributed by atoms with Gasteiger partial charge in [0.2, 0.25) is 0 Å². The van der Waals surface area contributed by atoms with E-state index in [2.05, 4.69) is 5.32 Å². The topological polar surface area (TPSA) is 55.1 Å². The van der Waals surface area contributed by atoms with Gasteiger partial charge in [0.15, 0.2) is 0 Å². The number of thiophene rings is 1. The Labute approximate surface area is 121 Å². The summed E-state index contributed by atoms with van der Waals surface area (Å²) in [4.78, 5) is 12.4. The number of nitrogens with two attached hydrogens (primary N) is 1. The minimum absolute atomic E-state index is 0.0692. The van der Waals surface area contributed by atoms with Crippen molar-refractivity contribution in [1.82, 2.24) is 5.32 Å². The van der Waals surface area contributed by atoms with Crippen LogP contribution in [0.5, 0.6) is 0 Å². The fourth-order valence-electron chi connectivity index (χ4n) is 1.74. The molecule has 2 rings (SSSR count). The largest absolute Gasteiger partial charge is 0.351 e. The Kier molecular flexibility index (Phi) is 4.96. The molecule has 0 saturated heterocycles. The Bertz CT molecular complexity index is 541. The molecule has 2 aromatic rings. The molecule has 1 heterocycles. The first-order valence-corrected chi connectivity index (χ1v) is 7.26. The van der Waals surface area contributed by atoms with Gasteiger partial charge in [0.1, 0.15) is 4.88 Å². The Balaban J connectivity index is 1.81. The molecule has 1 atom stereocenters. The van der Waals surface area contributed by atoms with Crippen LogP contribution in [-0.2, 0) is 0 Å². The van der Waals surface area contributed by atoms with Crippen LogP contribution < -0.4 is 11.1 Å². The van der Waals surface area contributed by atoms with Gasteiger partial charge in [0, 0.05) is 12.6 Å². The monoisotopic (exact) mass is 294 g/mol. The molecule has 0 aliphatic heterocycles. The summed E-state index contributed by atoms with van der Waals surface area (Å²) in [5.41, 5.74) is 7.13. The summed E-state index contributed by atoms with van der Waals surface area (Å²) in [6, 6.07) is 11.5. The molecule has 100 valence electrons. The molecule has 19 heavy (non-hydrogen) atoms. The van der Waals surface area contributed by atoms with Crippen LogP contribution in [-0.4, -0.2) is 12.5 Å². The summed E-state index contributed by atoms with van der Waals surface area (Å²) >= 11 is 7.23. The molecule has 1 aromatic heterocycles. The molecule has 0 aliphatic carbocycles. The minimum atomic E-state index is -0.139. The van der Waals surface area contributed by atoms with E-state index in [0.717, 1.165) is 5.56 Å². The first-order valence-electron chi connectivity index (χ1n) is 6.00. The summed E-state index contributed by atoms with van der Waals surface area (Å²) in [6.45, 7) is 0.531. The van der Waals surface area contributed by atoms with Crippen LogP contribution in [0.2, 0.25) is 5.02 Å². The number of carbonyl (C=O) groups excluding carboxylic acids is 1. The molecule has 3 N–H and O–H groups in total. The van der Waals surface area contributed by atoms with Gasteiger partial charge in [-0.2, -0.15) is 0 Å². The third kappa shape index (κ3) is 3.80. The molecule has 0 aliphatic rings. The second kappa shape index (κ2) is 6.70. The average molecular weight is 295 g/mol. The van der Waals surface area contributed by atoms with E-state index < -0.39 is 0 Å². The van der Waals surface area contributed by atoms with Gasteiger partial charge in [-0.05, 0) is 23.4 Å². The lowest BCUT2D eigenvalue weighted by Crippen LogP contribution is -2.26. The van der Waals surface area contributed by atoms with E-state index in [1.807, 2.05) is 30.3 Å². The molecular weight excluding hydrogens is 280 g/mol. The maximum Gasteiger partial charge on any atom is 0.262 e. The lowest BCUT2D eigenvalue weighted by atomic mass is 10.1. The summed E-state index contributed by atoms with van der Waals surface area (Å²) < 4.78 is 0. The lowest BCUT2D eigenvalue weighted by Gasteiger charge is -2.12. The van der Waals surface area contributed by atoms with Gasteiger partial charge in [-0.1, -0.05) is 41.9 Å². The number of amides is 1.